The van der Waals surface area contributed by atoms with Crippen LogP contribution in [0.5, 0.6) is 11.5 Å². The van der Waals surface area contributed by atoms with E-state index >= 15 is 0 Å². The molecule has 0 aromatic heterocycles. The molecule has 0 amide bonds. The smallest absolute Gasteiger partial charge is 0.339 e. The summed E-state index contributed by atoms with van der Waals surface area (Å²) in [5.41, 5.74) is 0.187. The van der Waals surface area contributed by atoms with E-state index in [0.29, 0.717) is 5.75 Å². The molecular formula is C15H12ClFO4. The fourth-order valence-corrected chi connectivity index (χ4v) is 1.94. The molecule has 0 aliphatic rings. The molecular weight excluding hydrogens is 299 g/mol. The van der Waals surface area contributed by atoms with Gasteiger partial charge in [0.1, 0.15) is 29.5 Å². The molecule has 4 nitrogen and oxygen atoms in total. The largest absolute Gasteiger partial charge is 0.497 e. The lowest BCUT2D eigenvalue weighted by Gasteiger charge is -2.11. The number of hydrogen-bond acceptors (Lipinski definition) is 3. The topological polar surface area (TPSA) is 55.8 Å². The van der Waals surface area contributed by atoms with Crippen LogP contribution in [0.2, 0.25) is 5.02 Å². The summed E-state index contributed by atoms with van der Waals surface area (Å²) in [6, 6.07) is 8.91. The minimum absolute atomic E-state index is 0.00992. The highest BCUT2D eigenvalue weighted by Gasteiger charge is 2.14. The fourth-order valence-electron chi connectivity index (χ4n) is 1.74. The van der Waals surface area contributed by atoms with Crippen molar-refractivity contribution in [2.45, 2.75) is 6.61 Å². The molecule has 0 spiro atoms. The first-order valence-electron chi connectivity index (χ1n) is 6.00. The van der Waals surface area contributed by atoms with Crippen LogP contribution in [-0.2, 0) is 6.61 Å². The predicted molar refractivity (Wildman–Crippen MR) is 75.7 cm³/mol. The Kier molecular flexibility index (Phi) is 4.65. The molecule has 2 aromatic carbocycles. The van der Waals surface area contributed by atoms with Gasteiger partial charge in [0.05, 0.1) is 12.1 Å². The summed E-state index contributed by atoms with van der Waals surface area (Å²) in [5.74, 6) is -1.21. The molecule has 21 heavy (non-hydrogen) atoms. The monoisotopic (exact) mass is 310 g/mol. The molecule has 110 valence electrons. The van der Waals surface area contributed by atoms with Crippen LogP contribution in [-0.4, -0.2) is 18.2 Å². The minimum atomic E-state index is -1.16. The average molecular weight is 311 g/mol. The van der Waals surface area contributed by atoms with Gasteiger partial charge in [-0.2, -0.15) is 0 Å². The van der Waals surface area contributed by atoms with E-state index in [9.17, 15) is 9.18 Å². The maximum atomic E-state index is 13.7. The van der Waals surface area contributed by atoms with Crippen molar-refractivity contribution in [1.29, 1.82) is 0 Å². The van der Waals surface area contributed by atoms with Crippen LogP contribution in [0.25, 0.3) is 0 Å². The zero-order valence-corrected chi connectivity index (χ0v) is 11.9. The number of carboxylic acid groups (broad SMARTS) is 1. The van der Waals surface area contributed by atoms with Gasteiger partial charge in [-0.05, 0) is 24.3 Å². The second-order valence-corrected chi connectivity index (χ2v) is 4.58. The molecule has 0 fully saturated rings. The Morgan fingerprint density at radius 1 is 1.33 bits per heavy atom. The van der Waals surface area contributed by atoms with Crippen LogP contribution in [0.15, 0.2) is 36.4 Å². The summed E-state index contributed by atoms with van der Waals surface area (Å²) in [7, 11) is 1.43. The van der Waals surface area contributed by atoms with Crippen LogP contribution in [0.1, 0.15) is 15.9 Å². The van der Waals surface area contributed by atoms with E-state index in [1.54, 1.807) is 12.1 Å². The summed E-state index contributed by atoms with van der Waals surface area (Å²) >= 11 is 5.68. The zero-order valence-electron chi connectivity index (χ0n) is 11.1. The van der Waals surface area contributed by atoms with Crippen molar-refractivity contribution in [3.05, 3.63) is 58.4 Å². The number of rotatable bonds is 5. The highest BCUT2D eigenvalue weighted by Crippen LogP contribution is 2.26. The predicted octanol–water partition coefficient (Wildman–Crippen LogP) is 3.76. The summed E-state index contributed by atoms with van der Waals surface area (Å²) in [6.07, 6.45) is 0. The number of methoxy groups -OCH3 is 1. The van der Waals surface area contributed by atoms with Crippen LogP contribution in [0.3, 0.4) is 0 Å². The Balaban J connectivity index is 2.23. The Bertz CT molecular complexity index is 673. The standard InChI is InChI=1S/C15H12ClFO4/c1-20-10-5-6-13(11(7-10)15(18)19)21-8-9-3-2-4-12(16)14(9)17/h2-7H,8H2,1H3,(H,18,19). The number of halogens is 2. The quantitative estimate of drug-likeness (QED) is 0.913. The first-order valence-corrected chi connectivity index (χ1v) is 6.37. The fraction of sp³-hybridized carbons (Fsp3) is 0.133. The van der Waals surface area contributed by atoms with Crippen LogP contribution >= 0.6 is 11.6 Å². The van der Waals surface area contributed by atoms with Crippen LogP contribution < -0.4 is 9.47 Å². The van der Waals surface area contributed by atoms with Gasteiger partial charge in [0, 0.05) is 5.56 Å². The SMILES string of the molecule is COc1ccc(OCc2cccc(Cl)c2F)c(C(=O)O)c1. The Hall–Kier alpha value is -2.27. The van der Waals surface area contributed by atoms with Crippen molar-refractivity contribution in [3.63, 3.8) is 0 Å². The third-order valence-electron chi connectivity index (χ3n) is 2.83. The molecule has 0 saturated carbocycles. The van der Waals surface area contributed by atoms with Crippen molar-refractivity contribution in [2.24, 2.45) is 0 Å². The highest BCUT2D eigenvalue weighted by molar-refractivity contribution is 6.30. The van der Waals surface area contributed by atoms with Crippen molar-refractivity contribution in [3.8, 4) is 11.5 Å². The van der Waals surface area contributed by atoms with Gasteiger partial charge in [-0.1, -0.05) is 23.7 Å². The molecule has 0 radical (unpaired) electrons. The van der Waals surface area contributed by atoms with Crippen molar-refractivity contribution < 1.29 is 23.8 Å². The number of hydrogen-bond donors (Lipinski definition) is 1. The molecule has 0 aliphatic heterocycles. The van der Waals surface area contributed by atoms with Crippen molar-refractivity contribution >= 4 is 17.6 Å². The molecule has 1 N–H and O–H groups in total. The maximum Gasteiger partial charge on any atom is 0.339 e. The van der Waals surface area contributed by atoms with E-state index in [4.69, 9.17) is 26.2 Å². The molecule has 0 saturated heterocycles. The van der Waals surface area contributed by atoms with E-state index in [1.807, 2.05) is 0 Å². The number of benzene rings is 2. The van der Waals surface area contributed by atoms with E-state index in [1.165, 1.54) is 31.4 Å². The van der Waals surface area contributed by atoms with Gasteiger partial charge in [-0.15, -0.1) is 0 Å². The number of ether oxygens (including phenoxy) is 2. The molecule has 6 heteroatoms. The van der Waals surface area contributed by atoms with E-state index in [0.717, 1.165) is 0 Å². The van der Waals surface area contributed by atoms with Gasteiger partial charge < -0.3 is 14.6 Å². The van der Waals surface area contributed by atoms with Gasteiger partial charge >= 0.3 is 5.97 Å². The van der Waals surface area contributed by atoms with Crippen LogP contribution in [0, 0.1) is 5.82 Å². The Morgan fingerprint density at radius 2 is 2.10 bits per heavy atom. The van der Waals surface area contributed by atoms with Gasteiger partial charge in [0.2, 0.25) is 0 Å². The lowest BCUT2D eigenvalue weighted by molar-refractivity contribution is 0.0691. The lowest BCUT2D eigenvalue weighted by Crippen LogP contribution is -2.05. The third-order valence-corrected chi connectivity index (χ3v) is 3.12. The van der Waals surface area contributed by atoms with Gasteiger partial charge in [-0.25, -0.2) is 9.18 Å². The first-order chi connectivity index (χ1) is 10.0. The first kappa shape index (κ1) is 15.1. The Labute approximate surface area is 125 Å². The highest BCUT2D eigenvalue weighted by atomic mass is 35.5. The van der Waals surface area contributed by atoms with E-state index in [2.05, 4.69) is 0 Å². The summed E-state index contributed by atoms with van der Waals surface area (Å²) in [4.78, 5) is 11.2. The second kappa shape index (κ2) is 6.45. The van der Waals surface area contributed by atoms with E-state index in [-0.39, 0.29) is 28.5 Å². The maximum absolute atomic E-state index is 13.7. The zero-order chi connectivity index (χ0) is 15.4. The van der Waals surface area contributed by atoms with Gasteiger partial charge in [-0.3, -0.25) is 0 Å². The van der Waals surface area contributed by atoms with Crippen molar-refractivity contribution in [2.75, 3.05) is 7.11 Å². The molecule has 0 heterocycles. The van der Waals surface area contributed by atoms with Crippen molar-refractivity contribution in [1.82, 2.24) is 0 Å². The molecule has 2 rings (SSSR count). The molecule has 0 unspecified atom stereocenters. The summed E-state index contributed by atoms with van der Waals surface area (Å²) in [6.45, 7) is -0.126. The molecule has 0 aliphatic carbocycles. The van der Waals surface area contributed by atoms with Gasteiger partial charge in [0.15, 0.2) is 0 Å². The average Bonchev–Trinajstić information content (AvgIpc) is 2.48. The van der Waals surface area contributed by atoms with Gasteiger partial charge in [0.25, 0.3) is 0 Å². The number of aromatic carboxylic acids is 1. The number of carbonyl (C=O) groups is 1. The molecule has 2 aromatic rings. The van der Waals surface area contributed by atoms with E-state index < -0.39 is 11.8 Å². The third kappa shape index (κ3) is 3.44. The minimum Gasteiger partial charge on any atom is -0.497 e. The summed E-state index contributed by atoms with van der Waals surface area (Å²) < 4.78 is 24.1. The second-order valence-electron chi connectivity index (χ2n) is 4.17. The molecule has 0 atom stereocenters. The number of carboxylic acids is 1. The van der Waals surface area contributed by atoms with Crippen LogP contribution in [0.4, 0.5) is 4.39 Å². The molecule has 0 bridgehead atoms. The summed E-state index contributed by atoms with van der Waals surface area (Å²) in [5, 5.41) is 9.14. The Morgan fingerprint density at radius 3 is 2.76 bits per heavy atom. The normalized spacial score (nSPS) is 10.2. The lowest BCUT2D eigenvalue weighted by atomic mass is 10.2.